The number of methoxy groups -OCH3 is 1. The molecule has 0 radical (unpaired) electrons. The molecule has 4 aromatic rings. The quantitative estimate of drug-likeness (QED) is 0.429. The number of carboxylic acid groups (broad SMARTS) is 1. The lowest BCUT2D eigenvalue weighted by Crippen LogP contribution is -2.05. The van der Waals surface area contributed by atoms with Crippen LogP contribution in [0.15, 0.2) is 71.3 Å². The fourth-order valence-electron chi connectivity index (χ4n) is 3.65. The van der Waals surface area contributed by atoms with Gasteiger partial charge >= 0.3 is 5.97 Å². The minimum atomic E-state index is -0.931. The van der Waals surface area contributed by atoms with Crippen molar-refractivity contribution in [3.05, 3.63) is 83.6 Å². The van der Waals surface area contributed by atoms with Crippen molar-refractivity contribution in [2.75, 3.05) is 7.11 Å². The first-order chi connectivity index (χ1) is 15.1. The summed E-state index contributed by atoms with van der Waals surface area (Å²) in [6.45, 7) is 0.704. The molecule has 1 aromatic heterocycles. The second-order valence-corrected chi connectivity index (χ2v) is 7.19. The normalized spacial score (nSPS) is 10.9. The monoisotopic (exact) mass is 417 g/mol. The van der Waals surface area contributed by atoms with Crippen molar-refractivity contribution < 1.29 is 23.8 Å². The number of hydrogen-bond donors (Lipinski definition) is 2. The molecule has 6 heteroatoms. The Balaban J connectivity index is 1.70. The van der Waals surface area contributed by atoms with Gasteiger partial charge in [0.05, 0.1) is 19.8 Å². The Bertz CT molecular complexity index is 1230. The summed E-state index contributed by atoms with van der Waals surface area (Å²) in [6.07, 6.45) is 1.52. The highest BCUT2D eigenvalue weighted by Gasteiger charge is 2.15. The van der Waals surface area contributed by atoms with Crippen molar-refractivity contribution in [3.8, 4) is 22.6 Å². The van der Waals surface area contributed by atoms with E-state index in [1.807, 2.05) is 42.5 Å². The van der Waals surface area contributed by atoms with Crippen LogP contribution in [0.2, 0.25) is 0 Å². The average Bonchev–Trinajstić information content (AvgIpc) is 3.25. The topological polar surface area (TPSA) is 94.9 Å². The average molecular weight is 417 g/mol. The van der Waals surface area contributed by atoms with Gasteiger partial charge in [0.25, 0.3) is 0 Å². The van der Waals surface area contributed by atoms with Gasteiger partial charge in [-0.1, -0.05) is 30.3 Å². The van der Waals surface area contributed by atoms with Crippen LogP contribution in [-0.2, 0) is 24.4 Å². The SMILES string of the molecule is COc1cccc(CC(=O)O)c1OCc1cc(-c2cccc(CN)c2)c2occc2c1. The molecule has 4 rings (SSSR count). The van der Waals surface area contributed by atoms with Crippen LogP contribution in [0.5, 0.6) is 11.5 Å². The second kappa shape index (κ2) is 8.93. The third kappa shape index (κ3) is 4.39. The first kappa shape index (κ1) is 20.5. The van der Waals surface area contributed by atoms with Crippen molar-refractivity contribution in [2.24, 2.45) is 5.73 Å². The van der Waals surface area contributed by atoms with Gasteiger partial charge in [-0.3, -0.25) is 4.79 Å². The Morgan fingerprint density at radius 1 is 1.06 bits per heavy atom. The molecular formula is C25H23NO5. The van der Waals surface area contributed by atoms with Gasteiger partial charge in [0.2, 0.25) is 0 Å². The zero-order valence-electron chi connectivity index (χ0n) is 17.1. The highest BCUT2D eigenvalue weighted by atomic mass is 16.5. The number of carboxylic acids is 1. The molecule has 0 spiro atoms. The summed E-state index contributed by atoms with van der Waals surface area (Å²) in [5.41, 5.74) is 11.1. The molecule has 0 aliphatic rings. The van der Waals surface area contributed by atoms with Gasteiger partial charge < -0.3 is 24.7 Å². The number of fused-ring (bicyclic) bond motifs is 1. The third-order valence-electron chi connectivity index (χ3n) is 5.09. The second-order valence-electron chi connectivity index (χ2n) is 7.19. The van der Waals surface area contributed by atoms with Crippen molar-refractivity contribution in [1.29, 1.82) is 0 Å². The summed E-state index contributed by atoms with van der Waals surface area (Å²) in [7, 11) is 1.53. The van der Waals surface area contributed by atoms with Gasteiger partial charge in [0.1, 0.15) is 12.2 Å². The maximum Gasteiger partial charge on any atom is 0.307 e. The number of carbonyl (C=O) groups is 1. The first-order valence-electron chi connectivity index (χ1n) is 9.89. The summed E-state index contributed by atoms with van der Waals surface area (Å²) in [4.78, 5) is 11.2. The van der Waals surface area contributed by atoms with Crippen LogP contribution in [0.4, 0.5) is 0 Å². The number of benzene rings is 3. The zero-order chi connectivity index (χ0) is 21.8. The summed E-state index contributed by atoms with van der Waals surface area (Å²) in [5.74, 6) is 0.00497. The number of furan rings is 1. The molecule has 0 bridgehead atoms. The molecule has 0 saturated carbocycles. The summed E-state index contributed by atoms with van der Waals surface area (Å²) in [5, 5.41) is 10.2. The minimum absolute atomic E-state index is 0.148. The number of ether oxygens (including phenoxy) is 2. The maximum atomic E-state index is 11.2. The molecule has 1 heterocycles. The molecule has 158 valence electrons. The lowest BCUT2D eigenvalue weighted by atomic mass is 9.99. The van der Waals surface area contributed by atoms with E-state index in [0.717, 1.165) is 33.2 Å². The molecule has 3 aromatic carbocycles. The Labute approximate surface area is 179 Å². The van der Waals surface area contributed by atoms with Crippen molar-refractivity contribution in [2.45, 2.75) is 19.6 Å². The Kier molecular flexibility index (Phi) is 5.91. The number of hydrogen-bond acceptors (Lipinski definition) is 5. The third-order valence-corrected chi connectivity index (χ3v) is 5.09. The van der Waals surface area contributed by atoms with E-state index in [2.05, 4.69) is 0 Å². The zero-order valence-corrected chi connectivity index (χ0v) is 17.1. The van der Waals surface area contributed by atoms with Crippen LogP contribution in [0, 0.1) is 0 Å². The molecule has 0 aliphatic heterocycles. The van der Waals surface area contributed by atoms with Crippen molar-refractivity contribution in [1.82, 2.24) is 0 Å². The van der Waals surface area contributed by atoms with E-state index >= 15 is 0 Å². The molecule has 0 saturated heterocycles. The van der Waals surface area contributed by atoms with Crippen molar-refractivity contribution in [3.63, 3.8) is 0 Å². The van der Waals surface area contributed by atoms with Gasteiger partial charge in [-0.2, -0.15) is 0 Å². The largest absolute Gasteiger partial charge is 0.493 e. The minimum Gasteiger partial charge on any atom is -0.493 e. The predicted molar refractivity (Wildman–Crippen MR) is 118 cm³/mol. The standard InChI is InChI=1S/C25H23NO5/c1-29-22-7-3-6-19(13-23(27)28)25(22)31-15-17-11-20-8-9-30-24(20)21(12-17)18-5-2-4-16(10-18)14-26/h2-12H,13-15,26H2,1H3,(H,27,28). The lowest BCUT2D eigenvalue weighted by Gasteiger charge is -2.15. The van der Waals surface area contributed by atoms with E-state index in [9.17, 15) is 9.90 Å². The van der Waals surface area contributed by atoms with Crippen LogP contribution in [0.25, 0.3) is 22.1 Å². The van der Waals surface area contributed by atoms with Crippen LogP contribution >= 0.6 is 0 Å². The van der Waals surface area contributed by atoms with Gasteiger partial charge in [0.15, 0.2) is 11.5 Å². The Morgan fingerprint density at radius 3 is 2.68 bits per heavy atom. The van der Waals surface area contributed by atoms with E-state index in [1.165, 1.54) is 7.11 Å². The first-order valence-corrected chi connectivity index (χ1v) is 9.89. The van der Waals surface area contributed by atoms with Gasteiger partial charge in [0, 0.05) is 23.1 Å². The molecule has 31 heavy (non-hydrogen) atoms. The molecule has 0 aliphatic carbocycles. The number of nitrogens with two attached hydrogens (primary N) is 1. The van der Waals surface area contributed by atoms with E-state index in [1.54, 1.807) is 24.5 Å². The van der Waals surface area contributed by atoms with Gasteiger partial charge in [-0.25, -0.2) is 0 Å². The highest BCUT2D eigenvalue weighted by Crippen LogP contribution is 2.35. The maximum absolute atomic E-state index is 11.2. The van der Waals surface area contributed by atoms with E-state index in [-0.39, 0.29) is 13.0 Å². The molecule has 0 unspecified atom stereocenters. The van der Waals surface area contributed by atoms with Crippen molar-refractivity contribution >= 4 is 16.9 Å². The van der Waals surface area contributed by atoms with Crippen LogP contribution < -0.4 is 15.2 Å². The summed E-state index contributed by atoms with van der Waals surface area (Å²) < 4.78 is 17.2. The summed E-state index contributed by atoms with van der Waals surface area (Å²) in [6, 6.07) is 19.2. The smallest absolute Gasteiger partial charge is 0.307 e. The van der Waals surface area contributed by atoms with Crippen LogP contribution in [0.3, 0.4) is 0 Å². The number of aliphatic carboxylic acids is 1. The predicted octanol–water partition coefficient (Wildman–Crippen LogP) is 4.77. The Hall–Kier alpha value is -3.77. The Morgan fingerprint density at radius 2 is 1.90 bits per heavy atom. The molecule has 0 atom stereocenters. The van der Waals surface area contributed by atoms with E-state index in [4.69, 9.17) is 19.6 Å². The summed E-state index contributed by atoms with van der Waals surface area (Å²) >= 11 is 0. The van der Waals surface area contributed by atoms with E-state index in [0.29, 0.717) is 23.6 Å². The number of rotatable bonds is 8. The molecule has 3 N–H and O–H groups in total. The molecule has 0 fully saturated rings. The fourth-order valence-corrected chi connectivity index (χ4v) is 3.65. The highest BCUT2D eigenvalue weighted by molar-refractivity contribution is 5.93. The lowest BCUT2D eigenvalue weighted by molar-refractivity contribution is -0.136. The molecular weight excluding hydrogens is 394 g/mol. The molecule has 0 amide bonds. The van der Waals surface area contributed by atoms with Gasteiger partial charge in [-0.15, -0.1) is 0 Å². The fraction of sp³-hybridized carbons (Fsp3) is 0.160. The van der Waals surface area contributed by atoms with Crippen LogP contribution in [-0.4, -0.2) is 18.2 Å². The van der Waals surface area contributed by atoms with Gasteiger partial charge in [-0.05, 0) is 47.0 Å². The number of para-hydroxylation sites is 1. The van der Waals surface area contributed by atoms with E-state index < -0.39 is 5.97 Å². The van der Waals surface area contributed by atoms with Crippen LogP contribution in [0.1, 0.15) is 16.7 Å². The molecule has 6 nitrogen and oxygen atoms in total.